The lowest BCUT2D eigenvalue weighted by Gasteiger charge is -2.28. The van der Waals surface area contributed by atoms with E-state index < -0.39 is 24.0 Å². The van der Waals surface area contributed by atoms with Gasteiger partial charge in [0, 0.05) is 12.0 Å². The van der Waals surface area contributed by atoms with E-state index in [9.17, 15) is 14.7 Å². The molecular weight excluding hydrogens is 222 g/mol. The zero-order chi connectivity index (χ0) is 12.9. The highest BCUT2D eigenvalue weighted by Crippen LogP contribution is 2.22. The number of aliphatic hydroxyl groups is 1. The molecule has 1 aromatic carbocycles. The predicted octanol–water partition coefficient (Wildman–Crippen LogP) is 0.833. The number of hydrogen-bond donors (Lipinski definition) is 3. The predicted molar refractivity (Wildman–Crippen MR) is 61.0 cm³/mol. The molecule has 0 aliphatic carbocycles. The van der Waals surface area contributed by atoms with Crippen molar-refractivity contribution in [3.05, 3.63) is 35.9 Å². The van der Waals surface area contributed by atoms with Crippen LogP contribution in [0.5, 0.6) is 0 Å². The van der Waals surface area contributed by atoms with Crippen LogP contribution in [0.4, 0.5) is 0 Å². The monoisotopic (exact) mass is 237 g/mol. The molecule has 1 amide bonds. The molecule has 0 saturated carbocycles. The Balaban J connectivity index is 3.01. The van der Waals surface area contributed by atoms with Gasteiger partial charge in [0.05, 0.1) is 6.42 Å². The van der Waals surface area contributed by atoms with Crippen LogP contribution >= 0.6 is 0 Å². The molecule has 0 bridgehead atoms. The van der Waals surface area contributed by atoms with Crippen molar-refractivity contribution in [2.45, 2.75) is 25.5 Å². The van der Waals surface area contributed by atoms with Crippen LogP contribution in [0.2, 0.25) is 0 Å². The summed E-state index contributed by atoms with van der Waals surface area (Å²) in [6.45, 7) is 1.63. The molecule has 0 heterocycles. The minimum atomic E-state index is -1.86. The van der Waals surface area contributed by atoms with Gasteiger partial charge in [0.15, 0.2) is 5.72 Å². The van der Waals surface area contributed by atoms with Gasteiger partial charge in [-0.2, -0.15) is 0 Å². The number of amides is 1. The summed E-state index contributed by atoms with van der Waals surface area (Å²) in [5.41, 5.74) is -1.51. The van der Waals surface area contributed by atoms with Crippen LogP contribution < -0.4 is 5.32 Å². The van der Waals surface area contributed by atoms with Crippen LogP contribution in [0.25, 0.3) is 0 Å². The zero-order valence-corrected chi connectivity index (χ0v) is 9.51. The first-order valence-corrected chi connectivity index (χ1v) is 5.28. The zero-order valence-electron chi connectivity index (χ0n) is 9.51. The molecule has 0 aromatic heterocycles. The van der Waals surface area contributed by atoms with Gasteiger partial charge in [-0.3, -0.25) is 9.59 Å². The van der Waals surface area contributed by atoms with Gasteiger partial charge in [0.2, 0.25) is 5.91 Å². The number of rotatable bonds is 5. The SMILES string of the molecule is CCC(=O)NC(O)(CC(=O)O)c1ccccc1. The molecule has 0 spiro atoms. The number of benzene rings is 1. The van der Waals surface area contributed by atoms with E-state index in [0.29, 0.717) is 5.56 Å². The summed E-state index contributed by atoms with van der Waals surface area (Å²) >= 11 is 0. The molecule has 1 unspecified atom stereocenters. The lowest BCUT2D eigenvalue weighted by molar-refractivity contribution is -0.147. The van der Waals surface area contributed by atoms with Crippen LogP contribution in [-0.2, 0) is 15.3 Å². The molecule has 5 nitrogen and oxygen atoms in total. The number of carboxylic acid groups (broad SMARTS) is 1. The summed E-state index contributed by atoms with van der Waals surface area (Å²) in [4.78, 5) is 22.1. The summed E-state index contributed by atoms with van der Waals surface area (Å²) in [7, 11) is 0. The number of aliphatic carboxylic acids is 1. The first-order valence-electron chi connectivity index (χ1n) is 5.28. The molecule has 3 N–H and O–H groups in total. The highest BCUT2D eigenvalue weighted by molar-refractivity contribution is 5.78. The van der Waals surface area contributed by atoms with Crippen molar-refractivity contribution in [2.75, 3.05) is 0 Å². The fourth-order valence-electron chi connectivity index (χ4n) is 1.47. The standard InChI is InChI=1S/C12H15NO4/c1-2-10(14)13-12(17,8-11(15)16)9-6-4-3-5-7-9/h3-7,17H,2,8H2,1H3,(H,13,14)(H,15,16). The van der Waals surface area contributed by atoms with Crippen molar-refractivity contribution >= 4 is 11.9 Å². The van der Waals surface area contributed by atoms with Gasteiger partial charge in [-0.25, -0.2) is 0 Å². The summed E-state index contributed by atoms with van der Waals surface area (Å²) in [5.74, 6) is -1.59. The van der Waals surface area contributed by atoms with Crippen molar-refractivity contribution in [1.29, 1.82) is 0 Å². The number of carbonyl (C=O) groups excluding carboxylic acids is 1. The quantitative estimate of drug-likeness (QED) is 0.662. The van der Waals surface area contributed by atoms with Gasteiger partial charge in [-0.15, -0.1) is 0 Å². The van der Waals surface area contributed by atoms with Crippen molar-refractivity contribution in [1.82, 2.24) is 5.32 Å². The number of hydrogen-bond acceptors (Lipinski definition) is 3. The van der Waals surface area contributed by atoms with Crippen LogP contribution in [0.15, 0.2) is 30.3 Å². The molecule has 0 fully saturated rings. The largest absolute Gasteiger partial charge is 0.481 e. The van der Waals surface area contributed by atoms with E-state index in [2.05, 4.69) is 5.32 Å². The maximum Gasteiger partial charge on any atom is 0.308 e. The normalized spacial score (nSPS) is 13.8. The highest BCUT2D eigenvalue weighted by atomic mass is 16.4. The minimum absolute atomic E-state index is 0.175. The third kappa shape index (κ3) is 3.57. The van der Waals surface area contributed by atoms with Crippen LogP contribution in [0, 0.1) is 0 Å². The van der Waals surface area contributed by atoms with Crippen molar-refractivity contribution in [3.63, 3.8) is 0 Å². The molecule has 0 aliphatic heterocycles. The van der Waals surface area contributed by atoms with Gasteiger partial charge >= 0.3 is 5.97 Å². The number of carboxylic acids is 1. The van der Waals surface area contributed by atoms with Crippen LogP contribution in [0.3, 0.4) is 0 Å². The van der Waals surface area contributed by atoms with Crippen LogP contribution in [-0.4, -0.2) is 22.1 Å². The van der Waals surface area contributed by atoms with Crippen molar-refractivity contribution in [2.24, 2.45) is 0 Å². The van der Waals surface area contributed by atoms with E-state index in [1.54, 1.807) is 37.3 Å². The van der Waals surface area contributed by atoms with Gasteiger partial charge in [0.1, 0.15) is 0 Å². The Labute approximate surface area is 99.1 Å². The fraction of sp³-hybridized carbons (Fsp3) is 0.333. The first kappa shape index (κ1) is 13.2. The Morgan fingerprint density at radius 2 is 1.88 bits per heavy atom. The van der Waals surface area contributed by atoms with Gasteiger partial charge < -0.3 is 15.5 Å². The van der Waals surface area contributed by atoms with Crippen LogP contribution in [0.1, 0.15) is 25.3 Å². The molecular formula is C12H15NO4. The molecule has 17 heavy (non-hydrogen) atoms. The number of carbonyl (C=O) groups is 2. The average molecular weight is 237 g/mol. The van der Waals surface area contributed by atoms with E-state index >= 15 is 0 Å². The number of nitrogens with one attached hydrogen (secondary N) is 1. The lowest BCUT2D eigenvalue weighted by atomic mass is 9.99. The van der Waals surface area contributed by atoms with Crippen molar-refractivity contribution < 1.29 is 19.8 Å². The average Bonchev–Trinajstić information content (AvgIpc) is 2.29. The topological polar surface area (TPSA) is 86.6 Å². The Kier molecular flexibility index (Phi) is 4.23. The van der Waals surface area contributed by atoms with Gasteiger partial charge in [-0.05, 0) is 0 Å². The first-order chi connectivity index (χ1) is 7.98. The second kappa shape index (κ2) is 5.45. The second-order valence-electron chi connectivity index (χ2n) is 3.70. The molecule has 5 heteroatoms. The summed E-state index contributed by atoms with van der Waals surface area (Å²) in [6, 6.07) is 8.21. The molecule has 92 valence electrons. The molecule has 0 radical (unpaired) electrons. The van der Waals surface area contributed by atoms with E-state index in [0.717, 1.165) is 0 Å². The molecule has 0 aliphatic rings. The van der Waals surface area contributed by atoms with Gasteiger partial charge in [-0.1, -0.05) is 37.3 Å². The molecule has 1 atom stereocenters. The summed E-state index contributed by atoms with van der Waals surface area (Å²) in [6.07, 6.45) is -0.405. The molecule has 1 rings (SSSR count). The fourth-order valence-corrected chi connectivity index (χ4v) is 1.47. The summed E-state index contributed by atoms with van der Waals surface area (Å²) < 4.78 is 0. The van der Waals surface area contributed by atoms with E-state index in [-0.39, 0.29) is 6.42 Å². The Hall–Kier alpha value is -1.88. The summed E-state index contributed by atoms with van der Waals surface area (Å²) in [5, 5.41) is 21.4. The smallest absolute Gasteiger partial charge is 0.308 e. The maximum absolute atomic E-state index is 11.3. The van der Waals surface area contributed by atoms with E-state index in [1.807, 2.05) is 0 Å². The Bertz CT molecular complexity index is 404. The Morgan fingerprint density at radius 1 is 1.29 bits per heavy atom. The van der Waals surface area contributed by atoms with Crippen molar-refractivity contribution in [3.8, 4) is 0 Å². The second-order valence-corrected chi connectivity index (χ2v) is 3.70. The third-order valence-corrected chi connectivity index (χ3v) is 2.33. The molecule has 1 aromatic rings. The van der Waals surface area contributed by atoms with E-state index in [4.69, 9.17) is 5.11 Å². The maximum atomic E-state index is 11.3. The minimum Gasteiger partial charge on any atom is -0.481 e. The van der Waals surface area contributed by atoms with Gasteiger partial charge in [0.25, 0.3) is 0 Å². The lowest BCUT2D eigenvalue weighted by Crippen LogP contribution is -2.47. The Morgan fingerprint density at radius 3 is 2.35 bits per heavy atom. The third-order valence-electron chi connectivity index (χ3n) is 2.33. The molecule has 0 saturated heterocycles. The van der Waals surface area contributed by atoms with E-state index in [1.165, 1.54) is 0 Å². The highest BCUT2D eigenvalue weighted by Gasteiger charge is 2.33.